The van der Waals surface area contributed by atoms with E-state index in [2.05, 4.69) is 20.8 Å². The number of carbonyl (C=O) groups is 1. The van der Waals surface area contributed by atoms with E-state index in [1.807, 2.05) is 4.90 Å². The Morgan fingerprint density at radius 1 is 1.39 bits per heavy atom. The van der Waals surface area contributed by atoms with Crippen molar-refractivity contribution in [3.8, 4) is 0 Å². The van der Waals surface area contributed by atoms with Crippen LogP contribution in [0.4, 0.5) is 0 Å². The summed E-state index contributed by atoms with van der Waals surface area (Å²) >= 11 is 5.05. The minimum Gasteiger partial charge on any atom is -0.393 e. The highest BCUT2D eigenvalue weighted by Crippen LogP contribution is 2.29. The van der Waals surface area contributed by atoms with Crippen molar-refractivity contribution in [1.29, 1.82) is 0 Å². The maximum absolute atomic E-state index is 12.5. The van der Waals surface area contributed by atoms with Gasteiger partial charge in [-0.1, -0.05) is 39.4 Å². The molecular formula is C14H26N2OS. The van der Waals surface area contributed by atoms with Crippen molar-refractivity contribution in [2.45, 2.75) is 58.9 Å². The topological polar surface area (TPSA) is 46.3 Å². The first kappa shape index (κ1) is 15.4. The van der Waals surface area contributed by atoms with Gasteiger partial charge in [-0.05, 0) is 31.6 Å². The molecule has 0 heterocycles. The third kappa shape index (κ3) is 4.56. The van der Waals surface area contributed by atoms with E-state index in [4.69, 9.17) is 18.0 Å². The predicted molar refractivity (Wildman–Crippen MR) is 79.4 cm³/mol. The van der Waals surface area contributed by atoms with Gasteiger partial charge >= 0.3 is 0 Å². The summed E-state index contributed by atoms with van der Waals surface area (Å²) < 4.78 is 0. The normalized spacial score (nSPS) is 16.7. The average molecular weight is 270 g/mol. The second-order valence-corrected chi connectivity index (χ2v) is 6.16. The van der Waals surface area contributed by atoms with Gasteiger partial charge in [-0.15, -0.1) is 0 Å². The highest BCUT2D eigenvalue weighted by Gasteiger charge is 2.36. The SMILES string of the molecule is CCCC(C(=O)N(CCC(C)C)C1CC1)C(N)=S. The largest absolute Gasteiger partial charge is 0.393 e. The zero-order valence-corrected chi connectivity index (χ0v) is 12.6. The van der Waals surface area contributed by atoms with E-state index in [9.17, 15) is 4.79 Å². The van der Waals surface area contributed by atoms with Gasteiger partial charge < -0.3 is 10.6 Å². The van der Waals surface area contributed by atoms with Gasteiger partial charge in [0.1, 0.15) is 0 Å². The predicted octanol–water partition coefficient (Wildman–Crippen LogP) is 2.73. The Morgan fingerprint density at radius 3 is 2.39 bits per heavy atom. The van der Waals surface area contributed by atoms with Crippen LogP contribution in [0.3, 0.4) is 0 Å². The van der Waals surface area contributed by atoms with E-state index in [1.54, 1.807) is 0 Å². The van der Waals surface area contributed by atoms with Gasteiger partial charge in [0.15, 0.2) is 0 Å². The maximum Gasteiger partial charge on any atom is 0.232 e. The standard InChI is InChI=1S/C14H26N2OS/c1-4-5-12(13(15)18)14(17)16(11-6-7-11)9-8-10(2)3/h10-12H,4-9H2,1-3H3,(H2,15,18). The summed E-state index contributed by atoms with van der Waals surface area (Å²) in [4.78, 5) is 14.9. The van der Waals surface area contributed by atoms with Crippen LogP contribution in [0.15, 0.2) is 0 Å². The minimum atomic E-state index is -0.252. The summed E-state index contributed by atoms with van der Waals surface area (Å²) in [6.07, 6.45) is 5.05. The van der Waals surface area contributed by atoms with Gasteiger partial charge in [0.2, 0.25) is 5.91 Å². The molecular weight excluding hydrogens is 244 g/mol. The Balaban J connectivity index is 2.64. The molecule has 18 heavy (non-hydrogen) atoms. The second kappa shape index (κ2) is 7.07. The number of nitrogens with zero attached hydrogens (tertiary/aromatic N) is 1. The number of nitrogens with two attached hydrogens (primary N) is 1. The molecule has 4 heteroatoms. The number of thiocarbonyl (C=S) groups is 1. The highest BCUT2D eigenvalue weighted by molar-refractivity contribution is 7.80. The van der Waals surface area contributed by atoms with Crippen LogP contribution in [0.5, 0.6) is 0 Å². The van der Waals surface area contributed by atoms with Crippen LogP contribution in [-0.4, -0.2) is 28.4 Å². The lowest BCUT2D eigenvalue weighted by Gasteiger charge is -2.27. The molecule has 0 spiro atoms. The quantitative estimate of drug-likeness (QED) is 0.690. The molecule has 0 saturated heterocycles. The highest BCUT2D eigenvalue weighted by atomic mass is 32.1. The molecule has 1 fully saturated rings. The minimum absolute atomic E-state index is 0.160. The van der Waals surface area contributed by atoms with Gasteiger partial charge in [-0.2, -0.15) is 0 Å². The molecule has 0 bridgehead atoms. The maximum atomic E-state index is 12.5. The number of carbonyl (C=O) groups excluding carboxylic acids is 1. The summed E-state index contributed by atoms with van der Waals surface area (Å²) in [5.41, 5.74) is 5.72. The number of hydrogen-bond acceptors (Lipinski definition) is 2. The first-order valence-electron chi connectivity index (χ1n) is 7.07. The number of rotatable bonds is 8. The summed E-state index contributed by atoms with van der Waals surface area (Å²) in [6, 6.07) is 0.449. The van der Waals surface area contributed by atoms with Gasteiger partial charge in [0.05, 0.1) is 10.9 Å². The molecule has 1 amide bonds. The molecule has 1 aliphatic rings. The van der Waals surface area contributed by atoms with Crippen LogP contribution in [0.25, 0.3) is 0 Å². The molecule has 1 unspecified atom stereocenters. The third-order valence-electron chi connectivity index (χ3n) is 3.44. The van der Waals surface area contributed by atoms with Crippen LogP contribution in [0.1, 0.15) is 52.9 Å². The molecule has 3 nitrogen and oxygen atoms in total. The number of hydrogen-bond donors (Lipinski definition) is 1. The average Bonchev–Trinajstić information content (AvgIpc) is 3.09. The van der Waals surface area contributed by atoms with Crippen molar-refractivity contribution in [2.24, 2.45) is 17.6 Å². The first-order chi connectivity index (χ1) is 8.47. The lowest BCUT2D eigenvalue weighted by atomic mass is 10.0. The lowest BCUT2D eigenvalue weighted by Crippen LogP contribution is -2.43. The Bertz CT molecular complexity index is 300. The fourth-order valence-corrected chi connectivity index (χ4v) is 2.35. The van der Waals surface area contributed by atoms with Crippen molar-refractivity contribution in [3.63, 3.8) is 0 Å². The Hall–Kier alpha value is -0.640. The molecule has 2 N–H and O–H groups in total. The summed E-state index contributed by atoms with van der Waals surface area (Å²) in [6.45, 7) is 7.29. The van der Waals surface area contributed by atoms with Crippen LogP contribution >= 0.6 is 12.2 Å². The molecule has 0 aromatic rings. The molecule has 0 aliphatic heterocycles. The molecule has 0 aromatic carbocycles. The fourth-order valence-electron chi connectivity index (χ4n) is 2.13. The molecule has 0 radical (unpaired) electrons. The van der Waals surface area contributed by atoms with Crippen LogP contribution in [0, 0.1) is 11.8 Å². The van der Waals surface area contributed by atoms with E-state index in [1.165, 1.54) is 0 Å². The fraction of sp³-hybridized carbons (Fsp3) is 0.857. The Kier molecular flexibility index (Phi) is 6.06. The van der Waals surface area contributed by atoms with E-state index in [-0.39, 0.29) is 11.8 Å². The Labute approximate surface area is 116 Å². The van der Waals surface area contributed by atoms with Gasteiger partial charge in [-0.3, -0.25) is 4.79 Å². The Morgan fingerprint density at radius 2 is 2.00 bits per heavy atom. The van der Waals surface area contributed by atoms with E-state index in [0.717, 1.165) is 38.6 Å². The monoisotopic (exact) mass is 270 g/mol. The molecule has 104 valence electrons. The van der Waals surface area contributed by atoms with Crippen molar-refractivity contribution in [2.75, 3.05) is 6.54 Å². The lowest BCUT2D eigenvalue weighted by molar-refractivity contribution is -0.134. The van der Waals surface area contributed by atoms with E-state index >= 15 is 0 Å². The van der Waals surface area contributed by atoms with Crippen LogP contribution in [0.2, 0.25) is 0 Å². The molecule has 1 atom stereocenters. The van der Waals surface area contributed by atoms with Crippen molar-refractivity contribution < 1.29 is 4.79 Å². The van der Waals surface area contributed by atoms with Crippen molar-refractivity contribution in [3.05, 3.63) is 0 Å². The van der Waals surface area contributed by atoms with Crippen LogP contribution in [-0.2, 0) is 4.79 Å². The summed E-state index contributed by atoms with van der Waals surface area (Å²) in [5, 5.41) is 0. The molecule has 1 saturated carbocycles. The molecule has 0 aromatic heterocycles. The smallest absolute Gasteiger partial charge is 0.232 e. The van der Waals surface area contributed by atoms with E-state index < -0.39 is 0 Å². The number of amides is 1. The van der Waals surface area contributed by atoms with Crippen molar-refractivity contribution in [1.82, 2.24) is 4.90 Å². The van der Waals surface area contributed by atoms with Gasteiger partial charge in [0, 0.05) is 12.6 Å². The molecule has 1 rings (SSSR count). The van der Waals surface area contributed by atoms with Gasteiger partial charge in [-0.25, -0.2) is 0 Å². The summed E-state index contributed by atoms with van der Waals surface area (Å²) in [7, 11) is 0. The second-order valence-electron chi connectivity index (χ2n) is 5.69. The summed E-state index contributed by atoms with van der Waals surface area (Å²) in [5.74, 6) is 0.527. The van der Waals surface area contributed by atoms with Crippen LogP contribution < -0.4 is 5.73 Å². The zero-order valence-electron chi connectivity index (χ0n) is 11.8. The van der Waals surface area contributed by atoms with Crippen molar-refractivity contribution >= 4 is 23.1 Å². The van der Waals surface area contributed by atoms with E-state index in [0.29, 0.717) is 16.9 Å². The zero-order chi connectivity index (χ0) is 13.7. The third-order valence-corrected chi connectivity index (χ3v) is 3.72. The van der Waals surface area contributed by atoms with Gasteiger partial charge in [0.25, 0.3) is 0 Å². The first-order valence-corrected chi connectivity index (χ1v) is 7.48. The molecule has 1 aliphatic carbocycles.